The van der Waals surface area contributed by atoms with Gasteiger partial charge in [0.1, 0.15) is 28.1 Å². The molecule has 0 aliphatic carbocycles. The minimum atomic E-state index is -3.58. The molecule has 0 spiro atoms. The molecule has 1 atom stereocenters. The predicted octanol–water partition coefficient (Wildman–Crippen LogP) is 1.51. The highest BCUT2D eigenvalue weighted by Crippen LogP contribution is 2.43. The number of fused-ring (bicyclic) bond motifs is 1. The summed E-state index contributed by atoms with van der Waals surface area (Å²) >= 11 is 0. The van der Waals surface area contributed by atoms with Gasteiger partial charge in [-0.1, -0.05) is 6.92 Å². The summed E-state index contributed by atoms with van der Waals surface area (Å²) in [6.07, 6.45) is 0.211. The number of benzene rings is 1. The van der Waals surface area contributed by atoms with Gasteiger partial charge in [-0.15, -0.1) is 0 Å². The minimum absolute atomic E-state index is 0.0867. The number of hydrogen-bond acceptors (Lipinski definition) is 5. The van der Waals surface area contributed by atoms with Gasteiger partial charge in [-0.05, 0) is 13.0 Å². The van der Waals surface area contributed by atoms with E-state index in [9.17, 15) is 18.3 Å². The lowest BCUT2D eigenvalue weighted by Crippen LogP contribution is -2.10. The van der Waals surface area contributed by atoms with Crippen LogP contribution in [0.4, 0.5) is 0 Å². The van der Waals surface area contributed by atoms with Crippen LogP contribution in [-0.4, -0.2) is 38.5 Å². The first-order valence-corrected chi connectivity index (χ1v) is 7.83. The van der Waals surface area contributed by atoms with Gasteiger partial charge in [0, 0.05) is 12.0 Å². The molecular formula is C13H16O6S. The Morgan fingerprint density at radius 3 is 2.70 bits per heavy atom. The molecule has 1 aromatic rings. The quantitative estimate of drug-likeness (QED) is 0.906. The number of aromatic carboxylic acids is 1. The van der Waals surface area contributed by atoms with E-state index in [0.29, 0.717) is 12.0 Å². The summed E-state index contributed by atoms with van der Waals surface area (Å²) in [6, 6.07) is 1.12. The monoisotopic (exact) mass is 300 g/mol. The number of methoxy groups -OCH3 is 1. The molecule has 1 aliphatic rings. The Kier molecular flexibility index (Phi) is 3.64. The average Bonchev–Trinajstić information content (AvgIpc) is 2.77. The van der Waals surface area contributed by atoms with Crippen LogP contribution < -0.4 is 9.47 Å². The molecule has 110 valence electrons. The molecule has 6 nitrogen and oxygen atoms in total. The molecule has 0 saturated heterocycles. The molecule has 0 bridgehead atoms. The van der Waals surface area contributed by atoms with E-state index in [1.165, 1.54) is 14.0 Å². The summed E-state index contributed by atoms with van der Waals surface area (Å²) in [4.78, 5) is 11.2. The van der Waals surface area contributed by atoms with Gasteiger partial charge in [-0.2, -0.15) is 0 Å². The van der Waals surface area contributed by atoms with Gasteiger partial charge in [0.05, 0.1) is 12.9 Å². The van der Waals surface area contributed by atoms with Crippen LogP contribution in [0, 0.1) is 0 Å². The summed E-state index contributed by atoms with van der Waals surface area (Å²) in [7, 11) is -2.21. The van der Waals surface area contributed by atoms with Crippen LogP contribution in [0.5, 0.6) is 11.5 Å². The molecule has 2 rings (SSSR count). The summed E-state index contributed by atoms with van der Waals surface area (Å²) < 4.78 is 34.9. The molecule has 1 aromatic carbocycles. The number of sulfone groups is 1. The Labute approximate surface area is 117 Å². The molecule has 1 unspecified atom stereocenters. The van der Waals surface area contributed by atoms with Crippen molar-refractivity contribution in [3.8, 4) is 11.5 Å². The third-order valence-corrected chi connectivity index (χ3v) is 4.99. The van der Waals surface area contributed by atoms with Crippen molar-refractivity contribution in [3.05, 3.63) is 17.2 Å². The van der Waals surface area contributed by atoms with Crippen molar-refractivity contribution in [3.63, 3.8) is 0 Å². The Hall–Kier alpha value is -1.76. The summed E-state index contributed by atoms with van der Waals surface area (Å²) in [5.41, 5.74) is 0.365. The maximum absolute atomic E-state index is 12.1. The van der Waals surface area contributed by atoms with Gasteiger partial charge < -0.3 is 14.6 Å². The number of hydrogen-bond donors (Lipinski definition) is 1. The fraction of sp³-hybridized carbons (Fsp3) is 0.462. The fourth-order valence-corrected chi connectivity index (χ4v) is 3.39. The van der Waals surface area contributed by atoms with Crippen LogP contribution in [0.2, 0.25) is 0 Å². The van der Waals surface area contributed by atoms with Crippen molar-refractivity contribution in [1.82, 2.24) is 0 Å². The topological polar surface area (TPSA) is 89.9 Å². The number of ether oxygens (including phenoxy) is 2. The molecular weight excluding hydrogens is 284 g/mol. The highest BCUT2D eigenvalue weighted by molar-refractivity contribution is 7.91. The van der Waals surface area contributed by atoms with Crippen molar-refractivity contribution in [2.75, 3.05) is 12.9 Å². The van der Waals surface area contributed by atoms with Gasteiger partial charge in [0.25, 0.3) is 0 Å². The van der Waals surface area contributed by atoms with Gasteiger partial charge in [0.2, 0.25) is 0 Å². The highest BCUT2D eigenvalue weighted by Gasteiger charge is 2.33. The van der Waals surface area contributed by atoms with Gasteiger partial charge in [0.15, 0.2) is 9.84 Å². The molecule has 0 radical (unpaired) electrons. The van der Waals surface area contributed by atoms with E-state index >= 15 is 0 Å². The third kappa shape index (κ3) is 2.22. The normalized spacial score (nSPS) is 17.4. The molecule has 0 aromatic heterocycles. The maximum atomic E-state index is 12.1. The zero-order valence-corrected chi connectivity index (χ0v) is 12.3. The zero-order valence-electron chi connectivity index (χ0n) is 11.5. The zero-order chi connectivity index (χ0) is 15.1. The molecule has 0 amide bonds. The Balaban J connectivity index is 2.81. The first-order chi connectivity index (χ1) is 9.31. The molecule has 20 heavy (non-hydrogen) atoms. The molecule has 0 fully saturated rings. The Bertz CT molecular complexity index is 662. The summed E-state index contributed by atoms with van der Waals surface area (Å²) in [6.45, 7) is 3.29. The lowest BCUT2D eigenvalue weighted by atomic mass is 10.1. The Morgan fingerprint density at radius 1 is 1.55 bits per heavy atom. The van der Waals surface area contributed by atoms with E-state index in [1.54, 1.807) is 6.92 Å². The maximum Gasteiger partial charge on any atom is 0.339 e. The van der Waals surface area contributed by atoms with Crippen LogP contribution in [0.15, 0.2) is 11.0 Å². The summed E-state index contributed by atoms with van der Waals surface area (Å²) in [5.74, 6) is -0.948. The minimum Gasteiger partial charge on any atom is -0.495 e. The largest absolute Gasteiger partial charge is 0.495 e. The second-order valence-electron chi connectivity index (χ2n) is 4.60. The van der Waals surface area contributed by atoms with E-state index in [-0.39, 0.29) is 33.8 Å². The molecule has 1 aliphatic heterocycles. The summed E-state index contributed by atoms with van der Waals surface area (Å²) in [5, 5.41) is 9.25. The first-order valence-electron chi connectivity index (χ1n) is 6.18. The van der Waals surface area contributed by atoms with E-state index in [0.717, 1.165) is 6.07 Å². The highest BCUT2D eigenvalue weighted by atomic mass is 32.2. The molecule has 0 saturated carbocycles. The Morgan fingerprint density at radius 2 is 2.20 bits per heavy atom. The van der Waals surface area contributed by atoms with Crippen molar-refractivity contribution >= 4 is 15.8 Å². The third-order valence-electron chi connectivity index (χ3n) is 3.25. The number of carboxylic acids is 1. The fourth-order valence-electron chi connectivity index (χ4n) is 2.30. The smallest absolute Gasteiger partial charge is 0.339 e. The molecule has 1 heterocycles. The second-order valence-corrected chi connectivity index (χ2v) is 6.85. The van der Waals surface area contributed by atoms with Crippen LogP contribution in [0.1, 0.15) is 29.8 Å². The number of carbonyl (C=O) groups is 1. The van der Waals surface area contributed by atoms with E-state index in [2.05, 4.69) is 0 Å². The van der Waals surface area contributed by atoms with Gasteiger partial charge in [-0.3, -0.25) is 0 Å². The van der Waals surface area contributed by atoms with E-state index < -0.39 is 15.8 Å². The standard InChI is InChI=1S/C13H16O6S/c1-4-20(16,17)10-6-9(13(14)15)11-8(12(10)18-3)5-7(2)19-11/h6-7H,4-5H2,1-3H3,(H,14,15). The lowest BCUT2D eigenvalue weighted by Gasteiger charge is -2.14. The van der Waals surface area contributed by atoms with Crippen molar-refractivity contribution in [2.45, 2.75) is 31.3 Å². The van der Waals surface area contributed by atoms with Crippen molar-refractivity contribution in [2.24, 2.45) is 0 Å². The second kappa shape index (κ2) is 4.97. The van der Waals surface area contributed by atoms with Crippen molar-refractivity contribution < 1.29 is 27.8 Å². The van der Waals surface area contributed by atoms with E-state index in [1.807, 2.05) is 0 Å². The van der Waals surface area contributed by atoms with Crippen LogP contribution in [0.3, 0.4) is 0 Å². The molecule has 7 heteroatoms. The number of carboxylic acid groups (broad SMARTS) is 1. The average molecular weight is 300 g/mol. The van der Waals surface area contributed by atoms with Gasteiger partial charge >= 0.3 is 5.97 Å². The SMILES string of the molecule is CCS(=O)(=O)c1cc(C(=O)O)c2c(c1OC)CC(C)O2. The first kappa shape index (κ1) is 14.6. The van der Waals surface area contributed by atoms with Crippen LogP contribution in [0.25, 0.3) is 0 Å². The molecule has 1 N–H and O–H groups in total. The van der Waals surface area contributed by atoms with Gasteiger partial charge in [-0.25, -0.2) is 13.2 Å². The van der Waals surface area contributed by atoms with Crippen molar-refractivity contribution in [1.29, 1.82) is 0 Å². The van der Waals surface area contributed by atoms with Crippen LogP contribution in [-0.2, 0) is 16.3 Å². The lowest BCUT2D eigenvalue weighted by molar-refractivity contribution is 0.0691. The number of rotatable bonds is 4. The van der Waals surface area contributed by atoms with E-state index in [4.69, 9.17) is 9.47 Å². The van der Waals surface area contributed by atoms with Crippen LogP contribution >= 0.6 is 0 Å². The predicted molar refractivity (Wildman–Crippen MR) is 71.5 cm³/mol.